The van der Waals surface area contributed by atoms with Crippen LogP contribution in [0.5, 0.6) is 0 Å². The molecule has 0 spiro atoms. The third kappa shape index (κ3) is 2.79. The molecular weight excluding hydrogens is 202 g/mol. The number of aromatic nitrogens is 1. The van der Waals surface area contributed by atoms with Gasteiger partial charge < -0.3 is 11.1 Å². The fourth-order valence-electron chi connectivity index (χ4n) is 2.20. The first kappa shape index (κ1) is 11.1. The van der Waals surface area contributed by atoms with Gasteiger partial charge in [-0.25, -0.2) is 0 Å². The van der Waals surface area contributed by atoms with E-state index in [4.69, 9.17) is 5.73 Å². The molecule has 0 unspecified atom stereocenters. The molecule has 86 valence electrons. The molecule has 16 heavy (non-hydrogen) atoms. The SMILES string of the molecule is N[C@@H]1CCC[C@H]1CC(=O)Nc1ccncc1. The van der Waals surface area contributed by atoms with Gasteiger partial charge in [-0.1, -0.05) is 6.42 Å². The molecule has 1 aliphatic carbocycles. The molecule has 1 saturated carbocycles. The van der Waals surface area contributed by atoms with E-state index in [2.05, 4.69) is 10.3 Å². The van der Waals surface area contributed by atoms with Crippen molar-refractivity contribution in [3.8, 4) is 0 Å². The number of anilines is 1. The summed E-state index contributed by atoms with van der Waals surface area (Å²) < 4.78 is 0. The zero-order chi connectivity index (χ0) is 11.4. The van der Waals surface area contributed by atoms with E-state index in [1.807, 2.05) is 0 Å². The largest absolute Gasteiger partial charge is 0.327 e. The zero-order valence-corrected chi connectivity index (χ0v) is 9.23. The zero-order valence-electron chi connectivity index (χ0n) is 9.23. The molecule has 0 aliphatic heterocycles. The van der Waals surface area contributed by atoms with Crippen LogP contribution in [-0.2, 0) is 4.79 Å². The molecular formula is C12H17N3O. The molecule has 0 radical (unpaired) electrons. The maximum atomic E-state index is 11.7. The molecule has 0 aromatic carbocycles. The Bertz CT molecular complexity index is 353. The number of hydrogen-bond donors (Lipinski definition) is 2. The first-order valence-electron chi connectivity index (χ1n) is 5.71. The molecule has 1 aliphatic rings. The topological polar surface area (TPSA) is 68.0 Å². The van der Waals surface area contributed by atoms with Gasteiger partial charge in [-0.2, -0.15) is 0 Å². The van der Waals surface area contributed by atoms with Crippen LogP contribution in [0.25, 0.3) is 0 Å². The summed E-state index contributed by atoms with van der Waals surface area (Å²) in [6.07, 6.45) is 7.13. The van der Waals surface area contributed by atoms with Crippen molar-refractivity contribution in [1.29, 1.82) is 0 Å². The number of pyridine rings is 1. The lowest BCUT2D eigenvalue weighted by Crippen LogP contribution is -2.28. The minimum atomic E-state index is 0.0496. The summed E-state index contributed by atoms with van der Waals surface area (Å²) in [5.41, 5.74) is 6.73. The maximum Gasteiger partial charge on any atom is 0.224 e. The van der Waals surface area contributed by atoms with E-state index in [0.29, 0.717) is 12.3 Å². The monoisotopic (exact) mass is 219 g/mol. The summed E-state index contributed by atoms with van der Waals surface area (Å²) in [6.45, 7) is 0. The predicted molar refractivity (Wildman–Crippen MR) is 62.8 cm³/mol. The quantitative estimate of drug-likeness (QED) is 0.810. The summed E-state index contributed by atoms with van der Waals surface area (Å²) in [4.78, 5) is 15.6. The molecule has 1 heterocycles. The fourth-order valence-corrected chi connectivity index (χ4v) is 2.20. The van der Waals surface area contributed by atoms with Gasteiger partial charge in [0.1, 0.15) is 0 Å². The maximum absolute atomic E-state index is 11.7. The fraction of sp³-hybridized carbons (Fsp3) is 0.500. The third-order valence-corrected chi connectivity index (χ3v) is 3.13. The molecule has 0 saturated heterocycles. The van der Waals surface area contributed by atoms with Crippen LogP contribution >= 0.6 is 0 Å². The molecule has 0 bridgehead atoms. The van der Waals surface area contributed by atoms with E-state index in [1.165, 1.54) is 0 Å². The highest BCUT2D eigenvalue weighted by atomic mass is 16.1. The molecule has 1 fully saturated rings. The van der Waals surface area contributed by atoms with Crippen molar-refractivity contribution in [3.05, 3.63) is 24.5 Å². The summed E-state index contributed by atoms with van der Waals surface area (Å²) in [5.74, 6) is 0.399. The van der Waals surface area contributed by atoms with Crippen molar-refractivity contribution < 1.29 is 4.79 Å². The van der Waals surface area contributed by atoms with Crippen LogP contribution in [0, 0.1) is 5.92 Å². The van der Waals surface area contributed by atoms with Crippen LogP contribution < -0.4 is 11.1 Å². The van der Waals surface area contributed by atoms with Gasteiger partial charge in [0.05, 0.1) is 0 Å². The van der Waals surface area contributed by atoms with Gasteiger partial charge in [-0.3, -0.25) is 9.78 Å². The van der Waals surface area contributed by atoms with Crippen molar-refractivity contribution >= 4 is 11.6 Å². The number of amides is 1. The Labute approximate surface area is 95.3 Å². The van der Waals surface area contributed by atoms with E-state index in [9.17, 15) is 4.79 Å². The molecule has 4 heteroatoms. The molecule has 1 aromatic heterocycles. The van der Waals surface area contributed by atoms with Gasteiger partial charge in [0.15, 0.2) is 0 Å². The van der Waals surface area contributed by atoms with Gasteiger partial charge in [-0.15, -0.1) is 0 Å². The smallest absolute Gasteiger partial charge is 0.224 e. The normalized spacial score (nSPS) is 24.3. The van der Waals surface area contributed by atoms with Crippen LogP contribution in [0.1, 0.15) is 25.7 Å². The standard InChI is InChI=1S/C12H17N3O/c13-11-3-1-2-9(11)8-12(16)15-10-4-6-14-7-5-10/h4-7,9,11H,1-3,8,13H2,(H,14,15,16)/t9-,11+/m0/s1. The average Bonchev–Trinajstić information content (AvgIpc) is 2.66. The highest BCUT2D eigenvalue weighted by molar-refractivity contribution is 5.90. The molecule has 4 nitrogen and oxygen atoms in total. The minimum absolute atomic E-state index is 0.0496. The highest BCUT2D eigenvalue weighted by Gasteiger charge is 2.25. The van der Waals surface area contributed by atoms with E-state index in [1.54, 1.807) is 24.5 Å². The Morgan fingerprint density at radius 1 is 1.44 bits per heavy atom. The second-order valence-electron chi connectivity index (χ2n) is 4.34. The lowest BCUT2D eigenvalue weighted by Gasteiger charge is -2.14. The lowest BCUT2D eigenvalue weighted by molar-refractivity contribution is -0.117. The Hall–Kier alpha value is -1.42. The summed E-state index contributed by atoms with van der Waals surface area (Å²) >= 11 is 0. The number of nitrogens with two attached hydrogens (primary N) is 1. The highest BCUT2D eigenvalue weighted by Crippen LogP contribution is 2.27. The van der Waals surface area contributed by atoms with Gasteiger partial charge in [0.2, 0.25) is 5.91 Å². The van der Waals surface area contributed by atoms with Crippen molar-refractivity contribution in [3.63, 3.8) is 0 Å². The number of nitrogens with one attached hydrogen (secondary N) is 1. The lowest BCUT2D eigenvalue weighted by atomic mass is 10.00. The Balaban J connectivity index is 1.85. The van der Waals surface area contributed by atoms with Crippen LogP contribution in [0.3, 0.4) is 0 Å². The van der Waals surface area contributed by atoms with Crippen LogP contribution in [0.4, 0.5) is 5.69 Å². The molecule has 3 N–H and O–H groups in total. The Morgan fingerprint density at radius 2 is 2.19 bits per heavy atom. The van der Waals surface area contributed by atoms with Crippen molar-refractivity contribution in [2.45, 2.75) is 31.7 Å². The first-order chi connectivity index (χ1) is 7.75. The Kier molecular flexibility index (Phi) is 3.51. The summed E-state index contributed by atoms with van der Waals surface area (Å²) in [6, 6.07) is 3.77. The number of nitrogens with zero attached hydrogens (tertiary/aromatic N) is 1. The summed E-state index contributed by atoms with van der Waals surface area (Å²) in [5, 5.41) is 2.85. The van der Waals surface area contributed by atoms with E-state index in [-0.39, 0.29) is 11.9 Å². The van der Waals surface area contributed by atoms with Crippen molar-refractivity contribution in [2.75, 3.05) is 5.32 Å². The summed E-state index contributed by atoms with van der Waals surface area (Å²) in [7, 11) is 0. The predicted octanol–water partition coefficient (Wildman–Crippen LogP) is 1.54. The Morgan fingerprint density at radius 3 is 2.81 bits per heavy atom. The van der Waals surface area contributed by atoms with Gasteiger partial charge in [0, 0.05) is 30.5 Å². The van der Waals surface area contributed by atoms with Gasteiger partial charge in [-0.05, 0) is 30.9 Å². The number of hydrogen-bond acceptors (Lipinski definition) is 3. The number of rotatable bonds is 3. The average molecular weight is 219 g/mol. The minimum Gasteiger partial charge on any atom is -0.327 e. The molecule has 2 rings (SSSR count). The van der Waals surface area contributed by atoms with E-state index in [0.717, 1.165) is 24.9 Å². The van der Waals surface area contributed by atoms with Gasteiger partial charge in [0.25, 0.3) is 0 Å². The van der Waals surface area contributed by atoms with Crippen molar-refractivity contribution in [2.24, 2.45) is 11.7 Å². The molecule has 1 aromatic rings. The second kappa shape index (κ2) is 5.07. The van der Waals surface area contributed by atoms with Crippen molar-refractivity contribution in [1.82, 2.24) is 4.98 Å². The second-order valence-corrected chi connectivity index (χ2v) is 4.34. The number of carbonyl (C=O) groups is 1. The first-order valence-corrected chi connectivity index (χ1v) is 5.71. The number of carbonyl (C=O) groups excluding carboxylic acids is 1. The van der Waals surface area contributed by atoms with Crippen LogP contribution in [0.15, 0.2) is 24.5 Å². The van der Waals surface area contributed by atoms with E-state index >= 15 is 0 Å². The third-order valence-electron chi connectivity index (χ3n) is 3.13. The van der Waals surface area contributed by atoms with E-state index < -0.39 is 0 Å². The van der Waals surface area contributed by atoms with Crippen LogP contribution in [0.2, 0.25) is 0 Å². The van der Waals surface area contributed by atoms with Gasteiger partial charge >= 0.3 is 0 Å². The molecule has 2 atom stereocenters. The molecule has 1 amide bonds. The van der Waals surface area contributed by atoms with Crippen LogP contribution in [-0.4, -0.2) is 16.9 Å².